The van der Waals surface area contributed by atoms with Gasteiger partial charge < -0.3 is 4.90 Å². The van der Waals surface area contributed by atoms with E-state index in [1.54, 1.807) is 16.8 Å². The molecule has 1 aromatic heterocycles. The molecule has 8 heteroatoms. The summed E-state index contributed by atoms with van der Waals surface area (Å²) in [4.78, 5) is 18.2. The molecule has 0 bridgehead atoms. The summed E-state index contributed by atoms with van der Waals surface area (Å²) in [5.74, 6) is -0.0499. The van der Waals surface area contributed by atoms with E-state index in [0.29, 0.717) is 45.0 Å². The molecule has 2 aromatic carbocycles. The summed E-state index contributed by atoms with van der Waals surface area (Å²) in [5.41, 5.74) is 4.07. The van der Waals surface area contributed by atoms with Crippen LogP contribution < -0.4 is 0 Å². The Hall–Kier alpha value is -2.31. The summed E-state index contributed by atoms with van der Waals surface area (Å²) >= 11 is 18.9. The number of aromatic nitrogens is 2. The molecule has 0 aliphatic carbocycles. The molecule has 5 nitrogen and oxygen atoms in total. The minimum Gasteiger partial charge on any atom is -0.335 e. The van der Waals surface area contributed by atoms with Gasteiger partial charge in [0.15, 0.2) is 5.69 Å². The zero-order valence-corrected chi connectivity index (χ0v) is 28.1. The van der Waals surface area contributed by atoms with Crippen LogP contribution in [0, 0.1) is 12.3 Å². The molecule has 0 saturated carbocycles. The Kier molecular flexibility index (Phi) is 12.2. The van der Waals surface area contributed by atoms with Crippen molar-refractivity contribution < 1.29 is 4.79 Å². The molecule has 1 fully saturated rings. The molecule has 4 rings (SSSR count). The van der Waals surface area contributed by atoms with E-state index in [9.17, 15) is 4.79 Å². The van der Waals surface area contributed by atoms with Gasteiger partial charge in [-0.25, -0.2) is 4.68 Å². The molecule has 0 atom stereocenters. The summed E-state index contributed by atoms with van der Waals surface area (Å²) in [6.45, 7) is 14.8. The largest absolute Gasteiger partial charge is 0.335 e. The molecule has 43 heavy (non-hydrogen) atoms. The minimum atomic E-state index is -0.0499. The number of piperazine rings is 1. The van der Waals surface area contributed by atoms with Crippen LogP contribution in [-0.2, 0) is 0 Å². The second-order valence-corrected chi connectivity index (χ2v) is 13.1. The van der Waals surface area contributed by atoms with Crippen molar-refractivity contribution in [1.82, 2.24) is 19.6 Å². The first-order valence-corrected chi connectivity index (χ1v) is 16.8. The fourth-order valence-electron chi connectivity index (χ4n) is 6.29. The summed E-state index contributed by atoms with van der Waals surface area (Å²) in [6, 6.07) is 12.8. The van der Waals surface area contributed by atoms with Gasteiger partial charge in [-0.15, -0.1) is 6.58 Å². The maximum absolute atomic E-state index is 13.8. The van der Waals surface area contributed by atoms with E-state index in [1.165, 1.54) is 44.9 Å². The SMILES string of the molecule is C=CCC(CC)(CC)CCCCCCN1CCN(C(=O)c2nn(-c3ccc(Cl)cc3Cl)c(-c3ccc(Cl)cc3)c2C)CC1. The minimum absolute atomic E-state index is 0.0499. The zero-order valence-electron chi connectivity index (χ0n) is 25.8. The number of allylic oxidation sites excluding steroid dienone is 1. The van der Waals surface area contributed by atoms with Gasteiger partial charge in [0.25, 0.3) is 5.91 Å². The van der Waals surface area contributed by atoms with Gasteiger partial charge >= 0.3 is 0 Å². The van der Waals surface area contributed by atoms with Gasteiger partial charge in [0.1, 0.15) is 0 Å². The van der Waals surface area contributed by atoms with Crippen molar-refractivity contribution in [2.75, 3.05) is 32.7 Å². The molecule has 1 saturated heterocycles. The average molecular weight is 644 g/mol. The Morgan fingerprint density at radius 2 is 1.58 bits per heavy atom. The van der Waals surface area contributed by atoms with E-state index in [0.717, 1.165) is 42.9 Å². The first kappa shape index (κ1) is 33.6. The third-order valence-electron chi connectivity index (χ3n) is 9.25. The van der Waals surface area contributed by atoms with E-state index < -0.39 is 0 Å². The van der Waals surface area contributed by atoms with E-state index >= 15 is 0 Å². The Bertz CT molecular complexity index is 1370. The van der Waals surface area contributed by atoms with Gasteiger partial charge in [-0.05, 0) is 68.5 Å². The van der Waals surface area contributed by atoms with E-state index in [-0.39, 0.29) is 5.91 Å². The molecule has 0 unspecified atom stereocenters. The number of nitrogens with zero attached hydrogens (tertiary/aromatic N) is 4. The monoisotopic (exact) mass is 642 g/mol. The van der Waals surface area contributed by atoms with Crippen LogP contribution in [0.3, 0.4) is 0 Å². The summed E-state index contributed by atoms with van der Waals surface area (Å²) in [6.07, 6.45) is 12.0. The normalized spacial score (nSPS) is 14.3. The lowest BCUT2D eigenvalue weighted by atomic mass is 9.75. The van der Waals surface area contributed by atoms with Crippen LogP contribution in [0.4, 0.5) is 0 Å². The van der Waals surface area contributed by atoms with Crippen molar-refractivity contribution in [1.29, 1.82) is 0 Å². The van der Waals surface area contributed by atoms with Gasteiger partial charge in [0.05, 0.1) is 16.4 Å². The van der Waals surface area contributed by atoms with Crippen molar-refractivity contribution in [3.8, 4) is 16.9 Å². The molecular formula is C35H45Cl3N4O. The number of hydrogen-bond acceptors (Lipinski definition) is 3. The predicted octanol–water partition coefficient (Wildman–Crippen LogP) is 9.90. The van der Waals surface area contributed by atoms with Gasteiger partial charge in [-0.2, -0.15) is 5.10 Å². The molecule has 232 valence electrons. The van der Waals surface area contributed by atoms with Crippen molar-refractivity contribution in [3.63, 3.8) is 0 Å². The topological polar surface area (TPSA) is 41.4 Å². The molecule has 1 aliphatic rings. The summed E-state index contributed by atoms with van der Waals surface area (Å²) < 4.78 is 1.75. The van der Waals surface area contributed by atoms with Crippen molar-refractivity contribution in [2.24, 2.45) is 5.41 Å². The van der Waals surface area contributed by atoms with Crippen molar-refractivity contribution in [2.45, 2.75) is 72.1 Å². The second-order valence-electron chi connectivity index (χ2n) is 11.8. The summed E-state index contributed by atoms with van der Waals surface area (Å²) in [7, 11) is 0. The molecule has 2 heterocycles. The number of halogens is 3. The smallest absolute Gasteiger partial charge is 0.274 e. The van der Waals surface area contributed by atoms with Crippen LogP contribution in [0.15, 0.2) is 55.1 Å². The molecule has 0 spiro atoms. The highest BCUT2D eigenvalue weighted by atomic mass is 35.5. The molecular weight excluding hydrogens is 599 g/mol. The lowest BCUT2D eigenvalue weighted by Crippen LogP contribution is -2.49. The zero-order chi connectivity index (χ0) is 31.0. The highest BCUT2D eigenvalue weighted by Gasteiger charge is 2.29. The Morgan fingerprint density at radius 3 is 2.21 bits per heavy atom. The van der Waals surface area contributed by atoms with Crippen molar-refractivity contribution >= 4 is 40.7 Å². The van der Waals surface area contributed by atoms with E-state index in [1.807, 2.05) is 42.2 Å². The van der Waals surface area contributed by atoms with Gasteiger partial charge in [-0.3, -0.25) is 9.69 Å². The van der Waals surface area contributed by atoms with Crippen LogP contribution in [-0.4, -0.2) is 58.2 Å². The third kappa shape index (κ3) is 8.25. The molecule has 1 aliphatic heterocycles. The number of carbonyl (C=O) groups is 1. The number of amides is 1. The first-order valence-electron chi connectivity index (χ1n) is 15.7. The first-order chi connectivity index (χ1) is 20.7. The Morgan fingerprint density at radius 1 is 0.930 bits per heavy atom. The maximum atomic E-state index is 13.8. The highest BCUT2D eigenvalue weighted by molar-refractivity contribution is 6.35. The third-order valence-corrected chi connectivity index (χ3v) is 10.0. The average Bonchev–Trinajstić information content (AvgIpc) is 3.35. The van der Waals surface area contributed by atoms with Gasteiger partial charge in [0.2, 0.25) is 0 Å². The second kappa shape index (κ2) is 15.6. The lowest BCUT2D eigenvalue weighted by molar-refractivity contribution is 0.0628. The number of rotatable bonds is 14. The number of hydrogen-bond donors (Lipinski definition) is 0. The summed E-state index contributed by atoms with van der Waals surface area (Å²) in [5, 5.41) is 6.47. The lowest BCUT2D eigenvalue weighted by Gasteiger charge is -2.34. The molecule has 0 radical (unpaired) electrons. The van der Waals surface area contributed by atoms with Crippen molar-refractivity contribution in [3.05, 3.63) is 81.4 Å². The molecule has 1 amide bonds. The predicted molar refractivity (Wildman–Crippen MR) is 182 cm³/mol. The van der Waals surface area contributed by atoms with Crippen LogP contribution in [0.5, 0.6) is 0 Å². The number of benzene rings is 2. The Balaban J connectivity index is 1.37. The van der Waals surface area contributed by atoms with Gasteiger partial charge in [-0.1, -0.05) is 99.0 Å². The van der Waals surface area contributed by atoms with Gasteiger partial charge in [0, 0.05) is 47.4 Å². The van der Waals surface area contributed by atoms with Crippen LogP contribution in [0.25, 0.3) is 16.9 Å². The molecule has 3 aromatic rings. The fourth-order valence-corrected chi connectivity index (χ4v) is 6.90. The van der Waals surface area contributed by atoms with E-state index in [4.69, 9.17) is 39.9 Å². The highest BCUT2D eigenvalue weighted by Crippen LogP contribution is 2.37. The fraction of sp³-hybridized carbons (Fsp3) is 0.486. The standard InChI is InChI=1S/C35H45Cl3N4O/c1-5-18-35(6-2,7-3)19-10-8-9-11-20-40-21-23-41(24-22-40)34(43)32-26(4)33(27-12-14-28(36)15-13-27)42(39-32)31-17-16-29(37)25-30(31)38/h5,12-17,25H,1,6-11,18-24H2,2-4H3. The van der Waals surface area contributed by atoms with E-state index in [2.05, 4.69) is 31.4 Å². The number of carbonyl (C=O) groups excluding carboxylic acids is 1. The van der Waals surface area contributed by atoms with Crippen LogP contribution in [0.1, 0.15) is 81.3 Å². The van der Waals surface area contributed by atoms with Crippen LogP contribution in [0.2, 0.25) is 15.1 Å². The Labute approximate surface area is 272 Å². The number of unbranched alkanes of at least 4 members (excludes halogenated alkanes) is 3. The maximum Gasteiger partial charge on any atom is 0.274 e. The quantitative estimate of drug-likeness (QED) is 0.130. The molecule has 0 N–H and O–H groups in total. The van der Waals surface area contributed by atoms with Crippen LogP contribution >= 0.6 is 34.8 Å².